The monoisotopic (exact) mass is 286 g/mol. The fraction of sp³-hybridized carbons (Fsp3) is 0.188. The number of hydrogen-bond donors (Lipinski definition) is 1. The van der Waals surface area contributed by atoms with E-state index in [0.29, 0.717) is 23.7 Å². The molecule has 102 valence electrons. The van der Waals surface area contributed by atoms with Crippen molar-refractivity contribution < 1.29 is 4.74 Å². The summed E-state index contributed by atoms with van der Waals surface area (Å²) in [7, 11) is 0. The quantitative estimate of drug-likeness (QED) is 0.895. The molecule has 0 aliphatic carbocycles. The molecule has 0 aromatic heterocycles. The Morgan fingerprint density at radius 3 is 2.85 bits per heavy atom. The van der Waals surface area contributed by atoms with Gasteiger partial charge < -0.3 is 10.1 Å². The van der Waals surface area contributed by atoms with Crippen LogP contribution >= 0.6 is 11.6 Å². The molecule has 0 aliphatic heterocycles. The fourth-order valence-corrected chi connectivity index (χ4v) is 2.04. The topological polar surface area (TPSA) is 45.0 Å². The molecule has 0 amide bonds. The average Bonchev–Trinajstić information content (AvgIpc) is 2.46. The van der Waals surface area contributed by atoms with E-state index in [1.165, 1.54) is 0 Å². The van der Waals surface area contributed by atoms with Crippen LogP contribution in [0.5, 0.6) is 5.75 Å². The van der Waals surface area contributed by atoms with Crippen LogP contribution in [0.4, 0.5) is 5.69 Å². The molecule has 0 fully saturated rings. The lowest BCUT2D eigenvalue weighted by atomic mass is 10.1. The van der Waals surface area contributed by atoms with Crippen molar-refractivity contribution in [2.45, 2.75) is 13.5 Å². The maximum atomic E-state index is 9.09. The van der Waals surface area contributed by atoms with E-state index in [0.717, 1.165) is 17.0 Å². The van der Waals surface area contributed by atoms with Crippen LogP contribution in [0.2, 0.25) is 5.02 Å². The van der Waals surface area contributed by atoms with E-state index in [1.54, 1.807) is 12.1 Å². The zero-order valence-corrected chi connectivity index (χ0v) is 11.9. The van der Waals surface area contributed by atoms with E-state index < -0.39 is 0 Å². The van der Waals surface area contributed by atoms with Crippen molar-refractivity contribution in [1.82, 2.24) is 0 Å². The summed E-state index contributed by atoms with van der Waals surface area (Å²) in [6, 6.07) is 15.2. The molecule has 0 spiro atoms. The first-order valence-electron chi connectivity index (χ1n) is 6.38. The Labute approximate surface area is 123 Å². The van der Waals surface area contributed by atoms with Crippen molar-refractivity contribution in [2.75, 3.05) is 11.9 Å². The second-order valence-electron chi connectivity index (χ2n) is 4.24. The minimum Gasteiger partial charge on any atom is -0.494 e. The van der Waals surface area contributed by atoms with Crippen molar-refractivity contribution in [2.24, 2.45) is 0 Å². The number of nitrogens with zero attached hydrogens (tertiary/aromatic N) is 1. The predicted molar refractivity (Wildman–Crippen MR) is 81.1 cm³/mol. The molecule has 0 aliphatic rings. The number of benzene rings is 2. The largest absolute Gasteiger partial charge is 0.494 e. The third-order valence-corrected chi connectivity index (χ3v) is 3.03. The summed E-state index contributed by atoms with van der Waals surface area (Å²) in [5, 5.41) is 12.9. The normalized spacial score (nSPS) is 9.85. The lowest BCUT2D eigenvalue weighted by Crippen LogP contribution is -2.02. The highest BCUT2D eigenvalue weighted by Gasteiger charge is 2.03. The molecule has 20 heavy (non-hydrogen) atoms. The van der Waals surface area contributed by atoms with Gasteiger partial charge in [-0.15, -0.1) is 0 Å². The van der Waals surface area contributed by atoms with Crippen molar-refractivity contribution in [3.05, 3.63) is 58.6 Å². The van der Waals surface area contributed by atoms with Crippen molar-refractivity contribution in [3.63, 3.8) is 0 Å². The number of nitriles is 1. The summed E-state index contributed by atoms with van der Waals surface area (Å²) >= 11 is 5.87. The number of ether oxygens (including phenoxy) is 1. The first kappa shape index (κ1) is 14.2. The highest BCUT2D eigenvalue weighted by molar-refractivity contribution is 6.30. The van der Waals surface area contributed by atoms with Crippen LogP contribution in [0.15, 0.2) is 42.5 Å². The third-order valence-electron chi connectivity index (χ3n) is 2.79. The Kier molecular flexibility index (Phi) is 4.86. The lowest BCUT2D eigenvalue weighted by molar-refractivity contribution is 0.340. The molecule has 2 aromatic carbocycles. The van der Waals surface area contributed by atoms with Crippen molar-refractivity contribution in [1.29, 1.82) is 5.26 Å². The molecule has 1 N–H and O–H groups in total. The second kappa shape index (κ2) is 6.83. The third kappa shape index (κ3) is 3.66. The number of nitrogens with one attached hydrogen (secondary N) is 1. The summed E-state index contributed by atoms with van der Waals surface area (Å²) in [5.74, 6) is 0.850. The average molecular weight is 287 g/mol. The molecule has 0 radical (unpaired) electrons. The molecule has 0 bridgehead atoms. The molecule has 0 unspecified atom stereocenters. The molecule has 0 heterocycles. The SMILES string of the molecule is CCOc1cccc(CNc2ccc(Cl)cc2C#N)c1. The Morgan fingerprint density at radius 1 is 1.25 bits per heavy atom. The Bertz CT molecular complexity index is 635. The van der Waals surface area contributed by atoms with Gasteiger partial charge in [0.1, 0.15) is 11.8 Å². The van der Waals surface area contributed by atoms with E-state index in [1.807, 2.05) is 37.3 Å². The summed E-state index contributed by atoms with van der Waals surface area (Å²) in [4.78, 5) is 0. The minimum atomic E-state index is 0.540. The second-order valence-corrected chi connectivity index (χ2v) is 4.67. The maximum absolute atomic E-state index is 9.09. The standard InChI is InChI=1S/C16H15ClN2O/c1-2-20-15-5-3-4-12(8-15)11-19-16-7-6-14(17)9-13(16)10-18/h3-9,19H,2,11H2,1H3. The number of rotatable bonds is 5. The van der Waals surface area contributed by atoms with Gasteiger partial charge in [0.15, 0.2) is 0 Å². The van der Waals surface area contributed by atoms with E-state index >= 15 is 0 Å². The first-order chi connectivity index (χ1) is 9.72. The molecule has 2 rings (SSSR count). The Hall–Kier alpha value is -2.18. The zero-order valence-electron chi connectivity index (χ0n) is 11.2. The fourth-order valence-electron chi connectivity index (χ4n) is 1.87. The number of hydrogen-bond acceptors (Lipinski definition) is 3. The summed E-state index contributed by atoms with van der Waals surface area (Å²) in [6.45, 7) is 3.22. The van der Waals surface area contributed by atoms with Gasteiger partial charge in [0.25, 0.3) is 0 Å². The highest BCUT2D eigenvalue weighted by Crippen LogP contribution is 2.21. The van der Waals surface area contributed by atoms with Gasteiger partial charge in [-0.3, -0.25) is 0 Å². The van der Waals surface area contributed by atoms with Gasteiger partial charge in [0.05, 0.1) is 17.9 Å². The van der Waals surface area contributed by atoms with Gasteiger partial charge in [0.2, 0.25) is 0 Å². The van der Waals surface area contributed by atoms with Crippen LogP contribution in [0.3, 0.4) is 0 Å². The molecular formula is C16H15ClN2O. The van der Waals surface area contributed by atoms with Crippen LogP contribution in [0.1, 0.15) is 18.1 Å². The Balaban J connectivity index is 2.09. The van der Waals surface area contributed by atoms with Crippen LogP contribution < -0.4 is 10.1 Å². The van der Waals surface area contributed by atoms with Gasteiger partial charge in [-0.1, -0.05) is 23.7 Å². The van der Waals surface area contributed by atoms with E-state index in [2.05, 4.69) is 11.4 Å². The predicted octanol–water partition coefficient (Wildman–Crippen LogP) is 4.22. The Morgan fingerprint density at radius 2 is 2.10 bits per heavy atom. The van der Waals surface area contributed by atoms with Crippen LogP contribution in [0, 0.1) is 11.3 Å². The van der Waals surface area contributed by atoms with Gasteiger partial charge in [0, 0.05) is 11.6 Å². The molecule has 3 nitrogen and oxygen atoms in total. The molecule has 0 atom stereocenters. The smallest absolute Gasteiger partial charge is 0.119 e. The van der Waals surface area contributed by atoms with Gasteiger partial charge in [-0.2, -0.15) is 5.26 Å². The van der Waals surface area contributed by atoms with Gasteiger partial charge in [-0.25, -0.2) is 0 Å². The molecule has 0 saturated heterocycles. The van der Waals surface area contributed by atoms with Gasteiger partial charge in [-0.05, 0) is 42.8 Å². The lowest BCUT2D eigenvalue weighted by Gasteiger charge is -2.10. The number of halogens is 1. The van der Waals surface area contributed by atoms with E-state index in [4.69, 9.17) is 21.6 Å². The van der Waals surface area contributed by atoms with Crippen LogP contribution in [-0.4, -0.2) is 6.61 Å². The molecule has 4 heteroatoms. The molecule has 0 saturated carbocycles. The molecule has 2 aromatic rings. The zero-order chi connectivity index (χ0) is 14.4. The summed E-state index contributed by atoms with van der Waals surface area (Å²) in [5.41, 5.74) is 2.41. The summed E-state index contributed by atoms with van der Waals surface area (Å²) in [6.07, 6.45) is 0. The van der Waals surface area contributed by atoms with Crippen LogP contribution in [-0.2, 0) is 6.54 Å². The minimum absolute atomic E-state index is 0.540. The van der Waals surface area contributed by atoms with Crippen LogP contribution in [0.25, 0.3) is 0 Å². The highest BCUT2D eigenvalue weighted by atomic mass is 35.5. The molecular weight excluding hydrogens is 272 g/mol. The van der Waals surface area contributed by atoms with Crippen molar-refractivity contribution in [3.8, 4) is 11.8 Å². The number of anilines is 1. The van der Waals surface area contributed by atoms with Gasteiger partial charge >= 0.3 is 0 Å². The van der Waals surface area contributed by atoms with E-state index in [9.17, 15) is 0 Å². The first-order valence-corrected chi connectivity index (χ1v) is 6.76. The van der Waals surface area contributed by atoms with Crippen molar-refractivity contribution >= 4 is 17.3 Å². The van der Waals surface area contributed by atoms with E-state index in [-0.39, 0.29) is 0 Å². The summed E-state index contributed by atoms with van der Waals surface area (Å²) < 4.78 is 5.46. The maximum Gasteiger partial charge on any atom is 0.119 e.